The maximum Gasteiger partial charge on any atom is 0.210 e. The molecule has 0 bridgehead atoms. The molecular weight excluding hydrogens is 188 g/mol. The number of aromatic nitrogens is 1. The van der Waals surface area contributed by atoms with Crippen molar-refractivity contribution in [3.05, 3.63) is 30.1 Å². The van der Waals surface area contributed by atoms with E-state index in [1.54, 1.807) is 6.20 Å². The van der Waals surface area contributed by atoms with Crippen molar-refractivity contribution in [3.8, 4) is 0 Å². The minimum atomic E-state index is 0.224. The standard InChI is InChI=1S/C12H14N2O/c15-9-14-8-11(6-12(14)3-4-12)10-2-1-5-13-7-10/h1-2,5,7,9,11H,3-4,6,8H2. The Labute approximate surface area is 89.1 Å². The van der Waals surface area contributed by atoms with Crippen LogP contribution < -0.4 is 0 Å². The third kappa shape index (κ3) is 1.34. The van der Waals surface area contributed by atoms with Crippen molar-refractivity contribution in [1.29, 1.82) is 0 Å². The van der Waals surface area contributed by atoms with Crippen LogP contribution in [0, 0.1) is 0 Å². The number of rotatable bonds is 2. The Balaban J connectivity index is 1.84. The van der Waals surface area contributed by atoms with Crippen LogP contribution in [0.4, 0.5) is 0 Å². The molecule has 0 N–H and O–H groups in total. The molecule has 2 aliphatic rings. The van der Waals surface area contributed by atoms with Crippen LogP contribution >= 0.6 is 0 Å². The highest BCUT2D eigenvalue weighted by atomic mass is 16.1. The lowest BCUT2D eigenvalue weighted by Gasteiger charge is -2.17. The molecule has 1 saturated heterocycles. The highest BCUT2D eigenvalue weighted by Crippen LogP contribution is 2.52. The Morgan fingerprint density at radius 1 is 1.53 bits per heavy atom. The number of carbonyl (C=O) groups is 1. The molecule has 1 saturated carbocycles. The van der Waals surface area contributed by atoms with Gasteiger partial charge in [-0.15, -0.1) is 0 Å². The van der Waals surface area contributed by atoms with Crippen LogP contribution in [-0.2, 0) is 4.79 Å². The van der Waals surface area contributed by atoms with E-state index >= 15 is 0 Å². The summed E-state index contributed by atoms with van der Waals surface area (Å²) in [5, 5.41) is 0. The summed E-state index contributed by atoms with van der Waals surface area (Å²) in [7, 11) is 0. The van der Waals surface area contributed by atoms with Crippen molar-refractivity contribution < 1.29 is 4.79 Å². The molecule has 0 radical (unpaired) electrons. The summed E-state index contributed by atoms with van der Waals surface area (Å²) in [6, 6.07) is 4.08. The van der Waals surface area contributed by atoms with Crippen molar-refractivity contribution in [3.63, 3.8) is 0 Å². The topological polar surface area (TPSA) is 33.2 Å². The summed E-state index contributed by atoms with van der Waals surface area (Å²) in [6.07, 6.45) is 8.23. The van der Waals surface area contributed by atoms with Crippen LogP contribution in [-0.4, -0.2) is 28.4 Å². The summed E-state index contributed by atoms with van der Waals surface area (Å²) in [5.74, 6) is 0.492. The maximum absolute atomic E-state index is 10.9. The molecule has 1 atom stereocenters. The predicted octanol–water partition coefficient (Wildman–Crippen LogP) is 1.56. The fourth-order valence-electron chi connectivity index (χ4n) is 2.70. The van der Waals surface area contributed by atoms with Gasteiger partial charge in [-0.1, -0.05) is 6.07 Å². The lowest BCUT2D eigenvalue weighted by molar-refractivity contribution is -0.119. The van der Waals surface area contributed by atoms with Crippen LogP contribution in [0.25, 0.3) is 0 Å². The number of likely N-dealkylation sites (tertiary alicyclic amines) is 1. The number of amides is 1. The van der Waals surface area contributed by atoms with E-state index in [1.807, 2.05) is 17.2 Å². The summed E-state index contributed by atoms with van der Waals surface area (Å²) in [5.41, 5.74) is 1.50. The molecule has 0 aromatic carbocycles. The quantitative estimate of drug-likeness (QED) is 0.682. The molecule has 2 heterocycles. The Morgan fingerprint density at radius 2 is 2.40 bits per heavy atom. The SMILES string of the molecule is O=CN1CC(c2cccnc2)CC12CC2. The van der Waals surface area contributed by atoms with Gasteiger partial charge in [0, 0.05) is 30.4 Å². The van der Waals surface area contributed by atoms with Crippen LogP contribution in [0.15, 0.2) is 24.5 Å². The van der Waals surface area contributed by atoms with E-state index < -0.39 is 0 Å². The Kier molecular flexibility index (Phi) is 1.81. The fraction of sp³-hybridized carbons (Fsp3) is 0.500. The van der Waals surface area contributed by atoms with E-state index in [4.69, 9.17) is 0 Å². The monoisotopic (exact) mass is 202 g/mol. The molecule has 2 fully saturated rings. The van der Waals surface area contributed by atoms with Gasteiger partial charge in [0.1, 0.15) is 0 Å². The summed E-state index contributed by atoms with van der Waals surface area (Å²) in [6.45, 7) is 0.870. The zero-order chi connectivity index (χ0) is 10.3. The number of pyridine rings is 1. The van der Waals surface area contributed by atoms with Gasteiger partial charge in [0.05, 0.1) is 0 Å². The smallest absolute Gasteiger partial charge is 0.210 e. The van der Waals surface area contributed by atoms with Crippen molar-refractivity contribution in [2.45, 2.75) is 30.7 Å². The molecule has 15 heavy (non-hydrogen) atoms. The lowest BCUT2D eigenvalue weighted by Crippen LogP contribution is -2.29. The third-order valence-electron chi connectivity index (χ3n) is 3.76. The average Bonchev–Trinajstić information content (AvgIpc) is 2.94. The Hall–Kier alpha value is -1.38. The largest absolute Gasteiger partial charge is 0.339 e. The summed E-state index contributed by atoms with van der Waals surface area (Å²) < 4.78 is 0. The molecule has 78 valence electrons. The number of carbonyl (C=O) groups excluding carboxylic acids is 1. The zero-order valence-corrected chi connectivity index (χ0v) is 8.60. The second-order valence-electron chi connectivity index (χ2n) is 4.67. The van der Waals surface area contributed by atoms with Crippen LogP contribution in [0.5, 0.6) is 0 Å². The number of nitrogens with zero attached hydrogens (tertiary/aromatic N) is 2. The van der Waals surface area contributed by atoms with Gasteiger partial charge in [-0.2, -0.15) is 0 Å². The van der Waals surface area contributed by atoms with Gasteiger partial charge in [0.25, 0.3) is 0 Å². The first-order valence-electron chi connectivity index (χ1n) is 5.46. The number of hydrogen-bond donors (Lipinski definition) is 0. The number of hydrogen-bond acceptors (Lipinski definition) is 2. The molecule has 1 aliphatic heterocycles. The minimum Gasteiger partial charge on any atom is -0.339 e. The molecule has 3 nitrogen and oxygen atoms in total. The van der Waals surface area contributed by atoms with E-state index in [2.05, 4.69) is 11.1 Å². The molecule has 1 aliphatic carbocycles. The van der Waals surface area contributed by atoms with E-state index in [1.165, 1.54) is 18.4 Å². The van der Waals surface area contributed by atoms with Gasteiger partial charge in [0.2, 0.25) is 6.41 Å². The molecule has 1 aromatic heterocycles. The van der Waals surface area contributed by atoms with Crippen LogP contribution in [0.2, 0.25) is 0 Å². The molecular formula is C12H14N2O. The first-order valence-corrected chi connectivity index (χ1v) is 5.46. The van der Waals surface area contributed by atoms with Crippen molar-refractivity contribution in [2.75, 3.05) is 6.54 Å². The summed E-state index contributed by atoms with van der Waals surface area (Å²) >= 11 is 0. The van der Waals surface area contributed by atoms with Gasteiger partial charge in [0.15, 0.2) is 0 Å². The van der Waals surface area contributed by atoms with Gasteiger partial charge in [-0.25, -0.2) is 0 Å². The second-order valence-corrected chi connectivity index (χ2v) is 4.67. The molecule has 1 unspecified atom stereocenters. The molecule has 3 rings (SSSR count). The average molecular weight is 202 g/mol. The van der Waals surface area contributed by atoms with Gasteiger partial charge < -0.3 is 4.90 Å². The van der Waals surface area contributed by atoms with Gasteiger partial charge in [-0.05, 0) is 30.9 Å². The second kappa shape index (κ2) is 3.05. The molecule has 1 aromatic rings. The van der Waals surface area contributed by atoms with Gasteiger partial charge in [-0.3, -0.25) is 9.78 Å². The molecule has 3 heteroatoms. The van der Waals surface area contributed by atoms with E-state index in [9.17, 15) is 4.79 Å². The van der Waals surface area contributed by atoms with Crippen molar-refractivity contribution >= 4 is 6.41 Å². The van der Waals surface area contributed by atoms with E-state index in [0.29, 0.717) is 5.92 Å². The van der Waals surface area contributed by atoms with E-state index in [-0.39, 0.29) is 5.54 Å². The zero-order valence-electron chi connectivity index (χ0n) is 8.60. The Bertz CT molecular complexity index is 372. The van der Waals surface area contributed by atoms with E-state index in [0.717, 1.165) is 19.4 Å². The van der Waals surface area contributed by atoms with Crippen molar-refractivity contribution in [2.24, 2.45) is 0 Å². The molecule has 1 amide bonds. The highest BCUT2D eigenvalue weighted by Gasteiger charge is 2.53. The molecule has 1 spiro atoms. The summed E-state index contributed by atoms with van der Waals surface area (Å²) in [4.78, 5) is 17.1. The minimum absolute atomic E-state index is 0.224. The third-order valence-corrected chi connectivity index (χ3v) is 3.76. The Morgan fingerprint density at radius 3 is 2.93 bits per heavy atom. The fourth-order valence-corrected chi connectivity index (χ4v) is 2.70. The lowest BCUT2D eigenvalue weighted by atomic mass is 9.97. The van der Waals surface area contributed by atoms with Crippen LogP contribution in [0.1, 0.15) is 30.7 Å². The predicted molar refractivity (Wildman–Crippen MR) is 56.3 cm³/mol. The van der Waals surface area contributed by atoms with Crippen LogP contribution in [0.3, 0.4) is 0 Å². The highest BCUT2D eigenvalue weighted by molar-refractivity contribution is 5.52. The maximum atomic E-state index is 10.9. The van der Waals surface area contributed by atoms with Crippen molar-refractivity contribution in [1.82, 2.24) is 9.88 Å². The normalized spacial score (nSPS) is 26.9. The first kappa shape index (κ1) is 8.89. The van der Waals surface area contributed by atoms with Gasteiger partial charge >= 0.3 is 0 Å². The first-order chi connectivity index (χ1) is 7.34.